The third-order valence-electron chi connectivity index (χ3n) is 7.19. The Bertz CT molecular complexity index is 919. The number of carbonyl (C=O) groups excluding carboxylic acids is 1. The quantitative estimate of drug-likeness (QED) is 0.771. The Morgan fingerprint density at radius 1 is 1.17 bits per heavy atom. The van der Waals surface area contributed by atoms with Crippen molar-refractivity contribution in [3.05, 3.63) is 30.0 Å². The number of fused-ring (bicyclic) bond motifs is 1. The molecule has 0 bridgehead atoms. The second-order valence-electron chi connectivity index (χ2n) is 9.49. The van der Waals surface area contributed by atoms with E-state index in [4.69, 9.17) is 4.74 Å². The van der Waals surface area contributed by atoms with E-state index in [0.717, 1.165) is 76.0 Å². The van der Waals surface area contributed by atoms with Gasteiger partial charge in [0.25, 0.3) is 5.91 Å². The highest BCUT2D eigenvalue weighted by atomic mass is 16.5. The molecule has 7 heteroatoms. The monoisotopic (exact) mass is 411 g/mol. The van der Waals surface area contributed by atoms with Gasteiger partial charge in [0.2, 0.25) is 0 Å². The molecule has 3 fully saturated rings. The highest BCUT2D eigenvalue weighted by Crippen LogP contribution is 2.38. The molecule has 30 heavy (non-hydrogen) atoms. The fraction of sp³-hybridized carbons (Fsp3) is 0.652. The summed E-state index contributed by atoms with van der Waals surface area (Å²) < 4.78 is 8.22. The molecule has 7 nitrogen and oxygen atoms in total. The normalized spacial score (nSPS) is 28.6. The lowest BCUT2D eigenvalue weighted by atomic mass is 9.86. The van der Waals surface area contributed by atoms with Crippen molar-refractivity contribution >= 4 is 16.8 Å². The van der Waals surface area contributed by atoms with Crippen LogP contribution in [0.4, 0.5) is 0 Å². The Morgan fingerprint density at radius 3 is 2.80 bits per heavy atom. The second kappa shape index (κ2) is 7.94. The summed E-state index contributed by atoms with van der Waals surface area (Å²) in [7, 11) is 4.10. The van der Waals surface area contributed by atoms with Gasteiger partial charge in [0.15, 0.2) is 5.69 Å². The van der Waals surface area contributed by atoms with Gasteiger partial charge in [-0.2, -0.15) is 5.10 Å². The summed E-state index contributed by atoms with van der Waals surface area (Å²) in [4.78, 5) is 20.3. The zero-order chi connectivity index (χ0) is 20.7. The number of likely N-dealkylation sites (tertiary alicyclic amines) is 1. The topological polar surface area (TPSA) is 53.8 Å². The molecule has 0 aliphatic carbocycles. The molecule has 0 radical (unpaired) electrons. The summed E-state index contributed by atoms with van der Waals surface area (Å²) in [5.41, 5.74) is 1.39. The standard InChI is InChI=1S/C23H33N5O2/c1-25-10-12-27(13-11-25)15-18-14-23(30-16-18)8-5-9-28(17-23)22(29)21-19-6-3-4-7-20(19)26(2)24-21/h3-4,6-7,18H,5,8-17H2,1-2H3/t18-,23-/m0/s1. The minimum atomic E-state index is -0.171. The molecule has 0 saturated carbocycles. The molecule has 2 atom stereocenters. The third kappa shape index (κ3) is 3.74. The summed E-state index contributed by atoms with van der Waals surface area (Å²) in [5, 5.41) is 5.49. The molecule has 1 amide bonds. The van der Waals surface area contributed by atoms with E-state index in [1.165, 1.54) is 0 Å². The minimum Gasteiger partial charge on any atom is -0.373 e. The average molecular weight is 412 g/mol. The fourth-order valence-electron chi connectivity index (χ4n) is 5.53. The van der Waals surface area contributed by atoms with Gasteiger partial charge < -0.3 is 19.4 Å². The van der Waals surface area contributed by atoms with Crippen LogP contribution in [0.2, 0.25) is 0 Å². The van der Waals surface area contributed by atoms with Gasteiger partial charge in [0.1, 0.15) is 0 Å². The number of carbonyl (C=O) groups is 1. The number of likely N-dealkylation sites (N-methyl/N-ethyl adjacent to an activating group) is 1. The Kier molecular flexibility index (Phi) is 5.29. The molecule has 2 aromatic rings. The zero-order valence-electron chi connectivity index (χ0n) is 18.2. The number of hydrogen-bond acceptors (Lipinski definition) is 5. The van der Waals surface area contributed by atoms with Crippen molar-refractivity contribution in [2.24, 2.45) is 13.0 Å². The highest BCUT2D eigenvalue weighted by Gasteiger charge is 2.45. The van der Waals surface area contributed by atoms with Crippen molar-refractivity contribution in [2.45, 2.75) is 24.9 Å². The number of para-hydroxylation sites is 1. The summed E-state index contributed by atoms with van der Waals surface area (Å²) in [5.74, 6) is 0.608. The summed E-state index contributed by atoms with van der Waals surface area (Å²) in [6.45, 7) is 8.02. The average Bonchev–Trinajstić information content (AvgIpc) is 3.30. The number of amides is 1. The van der Waals surface area contributed by atoms with Crippen LogP contribution in [0.25, 0.3) is 10.9 Å². The van der Waals surface area contributed by atoms with E-state index < -0.39 is 0 Å². The van der Waals surface area contributed by atoms with Crippen LogP contribution in [0, 0.1) is 5.92 Å². The molecule has 162 valence electrons. The smallest absolute Gasteiger partial charge is 0.275 e. The van der Waals surface area contributed by atoms with Crippen molar-refractivity contribution < 1.29 is 9.53 Å². The first-order valence-corrected chi connectivity index (χ1v) is 11.3. The van der Waals surface area contributed by atoms with Crippen LogP contribution in [-0.2, 0) is 11.8 Å². The van der Waals surface area contributed by atoms with E-state index in [9.17, 15) is 4.79 Å². The molecular weight excluding hydrogens is 378 g/mol. The van der Waals surface area contributed by atoms with E-state index in [0.29, 0.717) is 18.2 Å². The SMILES string of the molecule is CN1CCN(C[C@H]2CO[C@@]3(CCCN(C(=O)c4nn(C)c5ccccc45)C3)C2)CC1. The summed E-state index contributed by atoms with van der Waals surface area (Å²) in [6.07, 6.45) is 3.11. The second-order valence-corrected chi connectivity index (χ2v) is 9.49. The molecule has 3 aliphatic rings. The van der Waals surface area contributed by atoms with Crippen LogP contribution < -0.4 is 0 Å². The van der Waals surface area contributed by atoms with E-state index >= 15 is 0 Å². The Morgan fingerprint density at radius 2 is 1.97 bits per heavy atom. The van der Waals surface area contributed by atoms with E-state index in [-0.39, 0.29) is 11.5 Å². The number of benzene rings is 1. The number of piperidine rings is 1. The first-order chi connectivity index (χ1) is 14.5. The largest absolute Gasteiger partial charge is 0.373 e. The predicted molar refractivity (Wildman–Crippen MR) is 117 cm³/mol. The van der Waals surface area contributed by atoms with Crippen LogP contribution in [-0.4, -0.2) is 95.5 Å². The van der Waals surface area contributed by atoms with Gasteiger partial charge in [-0.1, -0.05) is 18.2 Å². The maximum atomic E-state index is 13.4. The molecule has 3 saturated heterocycles. The van der Waals surface area contributed by atoms with Crippen molar-refractivity contribution in [1.82, 2.24) is 24.5 Å². The van der Waals surface area contributed by atoms with E-state index in [1.54, 1.807) is 4.68 Å². The molecule has 5 rings (SSSR count). The number of aryl methyl sites for hydroxylation is 1. The lowest BCUT2D eigenvalue weighted by Gasteiger charge is -2.40. The van der Waals surface area contributed by atoms with Crippen molar-refractivity contribution in [2.75, 3.05) is 59.5 Å². The minimum absolute atomic E-state index is 0.0389. The lowest BCUT2D eigenvalue weighted by Crippen LogP contribution is -2.50. The highest BCUT2D eigenvalue weighted by molar-refractivity contribution is 6.04. The number of rotatable bonds is 3. The van der Waals surface area contributed by atoms with Gasteiger partial charge in [0.05, 0.1) is 24.3 Å². The van der Waals surface area contributed by atoms with Crippen LogP contribution >= 0.6 is 0 Å². The first kappa shape index (κ1) is 20.0. The predicted octanol–water partition coefficient (Wildman–Crippen LogP) is 1.83. The van der Waals surface area contributed by atoms with Crippen LogP contribution in [0.15, 0.2) is 24.3 Å². The van der Waals surface area contributed by atoms with Crippen molar-refractivity contribution in [1.29, 1.82) is 0 Å². The zero-order valence-corrected chi connectivity index (χ0v) is 18.2. The molecule has 0 unspecified atom stereocenters. The molecule has 3 aliphatic heterocycles. The number of ether oxygens (including phenoxy) is 1. The van der Waals surface area contributed by atoms with Gasteiger partial charge >= 0.3 is 0 Å². The van der Waals surface area contributed by atoms with Gasteiger partial charge in [-0.3, -0.25) is 9.48 Å². The summed E-state index contributed by atoms with van der Waals surface area (Å²) >= 11 is 0. The Balaban J connectivity index is 1.26. The van der Waals surface area contributed by atoms with Crippen molar-refractivity contribution in [3.8, 4) is 0 Å². The van der Waals surface area contributed by atoms with Gasteiger partial charge in [-0.25, -0.2) is 0 Å². The first-order valence-electron chi connectivity index (χ1n) is 11.3. The van der Waals surface area contributed by atoms with Crippen LogP contribution in [0.1, 0.15) is 29.8 Å². The lowest BCUT2D eigenvalue weighted by molar-refractivity contribution is -0.0451. The van der Waals surface area contributed by atoms with E-state index in [1.807, 2.05) is 36.2 Å². The third-order valence-corrected chi connectivity index (χ3v) is 7.19. The molecular formula is C23H33N5O2. The van der Waals surface area contributed by atoms with Crippen LogP contribution in [0.3, 0.4) is 0 Å². The Hall–Kier alpha value is -1.96. The molecule has 1 aromatic carbocycles. The molecule has 4 heterocycles. The number of hydrogen-bond donors (Lipinski definition) is 0. The Labute approximate surface area is 178 Å². The van der Waals surface area contributed by atoms with Gasteiger partial charge in [-0.15, -0.1) is 0 Å². The van der Waals surface area contributed by atoms with Gasteiger partial charge in [0, 0.05) is 51.7 Å². The molecule has 1 aromatic heterocycles. The molecule has 0 N–H and O–H groups in total. The summed E-state index contributed by atoms with van der Waals surface area (Å²) in [6, 6.07) is 7.97. The number of aromatic nitrogens is 2. The van der Waals surface area contributed by atoms with E-state index in [2.05, 4.69) is 21.9 Å². The fourth-order valence-corrected chi connectivity index (χ4v) is 5.53. The molecule has 1 spiro atoms. The number of piperazine rings is 1. The van der Waals surface area contributed by atoms with Gasteiger partial charge in [-0.05, 0) is 38.3 Å². The maximum absolute atomic E-state index is 13.4. The van der Waals surface area contributed by atoms with Crippen LogP contribution in [0.5, 0.6) is 0 Å². The van der Waals surface area contributed by atoms with Crippen molar-refractivity contribution in [3.63, 3.8) is 0 Å². The number of nitrogens with zero attached hydrogens (tertiary/aromatic N) is 5. The maximum Gasteiger partial charge on any atom is 0.275 e.